The van der Waals surface area contributed by atoms with Crippen LogP contribution in [-0.2, 0) is 13.0 Å². The summed E-state index contributed by atoms with van der Waals surface area (Å²) in [5.41, 5.74) is 4.76. The molecule has 46 heavy (non-hydrogen) atoms. The molecule has 2 aliphatic rings. The molecule has 2 atom stereocenters. The zero-order valence-corrected chi connectivity index (χ0v) is 28.0. The van der Waals surface area contributed by atoms with Gasteiger partial charge >= 0.3 is 0 Å². The third-order valence-electron chi connectivity index (χ3n) is 10.3. The van der Waals surface area contributed by atoms with Gasteiger partial charge in [0, 0.05) is 26.1 Å². The quantitative estimate of drug-likeness (QED) is 0.158. The Kier molecular flexibility index (Phi) is 10.9. The molecule has 1 saturated carbocycles. The van der Waals surface area contributed by atoms with E-state index in [0.29, 0.717) is 17.9 Å². The molecule has 2 heterocycles. The summed E-state index contributed by atoms with van der Waals surface area (Å²) in [5.74, 6) is 2.82. The SMILES string of the molecule is CN(Cc1ccccc1)c1oc(C(CC2CCC(C(c3ccc(F)cc3)N(C)C)CC2)N2CCCCC2)nc1Cc1ccccc1. The predicted molar refractivity (Wildman–Crippen MR) is 185 cm³/mol. The number of hydrogen-bond acceptors (Lipinski definition) is 5. The minimum Gasteiger partial charge on any atom is -0.423 e. The highest BCUT2D eigenvalue weighted by Gasteiger charge is 2.35. The van der Waals surface area contributed by atoms with Crippen LogP contribution in [0, 0.1) is 17.7 Å². The average Bonchev–Trinajstić information content (AvgIpc) is 3.50. The molecule has 1 aromatic heterocycles. The van der Waals surface area contributed by atoms with Crippen LogP contribution in [0.25, 0.3) is 0 Å². The number of piperidine rings is 1. The van der Waals surface area contributed by atoms with E-state index in [-0.39, 0.29) is 11.9 Å². The second-order valence-electron chi connectivity index (χ2n) is 13.9. The van der Waals surface area contributed by atoms with E-state index in [4.69, 9.17) is 9.40 Å². The summed E-state index contributed by atoms with van der Waals surface area (Å²) in [4.78, 5) is 12.6. The van der Waals surface area contributed by atoms with Gasteiger partial charge in [0.25, 0.3) is 0 Å². The van der Waals surface area contributed by atoms with Crippen LogP contribution in [0.3, 0.4) is 0 Å². The molecule has 1 saturated heterocycles. The first-order chi connectivity index (χ1) is 22.4. The lowest BCUT2D eigenvalue weighted by Crippen LogP contribution is -2.36. The van der Waals surface area contributed by atoms with Crippen LogP contribution in [0.5, 0.6) is 0 Å². The van der Waals surface area contributed by atoms with Gasteiger partial charge in [-0.2, -0.15) is 0 Å². The molecular weight excluding hydrogens is 571 g/mol. The summed E-state index contributed by atoms with van der Waals surface area (Å²) >= 11 is 0. The van der Waals surface area contributed by atoms with Crippen molar-refractivity contribution in [3.63, 3.8) is 0 Å². The van der Waals surface area contributed by atoms with Crippen LogP contribution in [0.2, 0.25) is 0 Å². The van der Waals surface area contributed by atoms with Crippen molar-refractivity contribution in [2.75, 3.05) is 39.1 Å². The van der Waals surface area contributed by atoms with Crippen LogP contribution in [-0.4, -0.2) is 49.0 Å². The Morgan fingerprint density at radius 3 is 2.07 bits per heavy atom. The zero-order valence-electron chi connectivity index (χ0n) is 28.0. The van der Waals surface area contributed by atoms with Gasteiger partial charge < -0.3 is 14.2 Å². The first kappa shape index (κ1) is 32.5. The Hall–Kier alpha value is -3.48. The van der Waals surface area contributed by atoms with Crippen molar-refractivity contribution in [1.82, 2.24) is 14.8 Å². The third kappa shape index (κ3) is 8.08. The topological polar surface area (TPSA) is 35.8 Å². The molecule has 0 amide bonds. The molecule has 3 aromatic carbocycles. The maximum absolute atomic E-state index is 13.7. The normalized spacial score (nSPS) is 20.5. The van der Waals surface area contributed by atoms with Crippen LogP contribution in [0.15, 0.2) is 89.3 Å². The molecule has 2 fully saturated rings. The highest BCUT2D eigenvalue weighted by molar-refractivity contribution is 5.44. The molecule has 0 radical (unpaired) electrons. The third-order valence-corrected chi connectivity index (χ3v) is 10.3. The lowest BCUT2D eigenvalue weighted by atomic mass is 9.74. The number of rotatable bonds is 12. The Balaban J connectivity index is 1.23. The highest BCUT2D eigenvalue weighted by Crippen LogP contribution is 2.43. The summed E-state index contributed by atoms with van der Waals surface area (Å²) in [6, 6.07) is 28.9. The number of hydrogen-bond donors (Lipinski definition) is 0. The van der Waals surface area contributed by atoms with E-state index in [1.165, 1.54) is 61.6 Å². The van der Waals surface area contributed by atoms with Crippen molar-refractivity contribution in [2.45, 2.75) is 76.4 Å². The summed E-state index contributed by atoms with van der Waals surface area (Å²) in [7, 11) is 6.45. The molecule has 244 valence electrons. The standard InChI is InChI=1S/C40H51FN4O/c1-43(2)38(34-21-23-35(41)24-22-34)33-19-17-31(18-20-33)28-37(45-25-11-6-12-26-45)39-42-36(27-30-13-7-4-8-14-30)40(46-39)44(3)29-32-15-9-5-10-16-32/h4-5,7-10,13-16,21-24,31,33,37-38H,6,11-12,17-20,25-29H2,1-3H3. The summed E-state index contributed by atoms with van der Waals surface area (Å²) in [6.45, 7) is 2.99. The smallest absolute Gasteiger partial charge is 0.220 e. The molecule has 4 aromatic rings. The lowest BCUT2D eigenvalue weighted by molar-refractivity contribution is 0.0944. The number of halogens is 1. The summed E-state index contributed by atoms with van der Waals surface area (Å²) in [5, 5.41) is 0. The number of anilines is 1. The van der Waals surface area contributed by atoms with Gasteiger partial charge in [-0.3, -0.25) is 4.90 Å². The van der Waals surface area contributed by atoms with E-state index >= 15 is 0 Å². The van der Waals surface area contributed by atoms with Gasteiger partial charge in [0.2, 0.25) is 11.8 Å². The molecule has 5 nitrogen and oxygen atoms in total. The fourth-order valence-electron chi connectivity index (χ4n) is 7.98. The van der Waals surface area contributed by atoms with Crippen molar-refractivity contribution in [3.8, 4) is 0 Å². The van der Waals surface area contributed by atoms with Gasteiger partial charge in [-0.25, -0.2) is 9.37 Å². The molecule has 1 aliphatic heterocycles. The highest BCUT2D eigenvalue weighted by atomic mass is 19.1. The first-order valence-corrected chi connectivity index (χ1v) is 17.4. The van der Waals surface area contributed by atoms with Crippen molar-refractivity contribution < 1.29 is 8.81 Å². The van der Waals surface area contributed by atoms with Gasteiger partial charge in [-0.1, -0.05) is 92.1 Å². The van der Waals surface area contributed by atoms with Crippen LogP contribution < -0.4 is 4.90 Å². The fourth-order valence-corrected chi connectivity index (χ4v) is 7.98. The number of likely N-dealkylation sites (tertiary alicyclic amines) is 1. The molecule has 1 aliphatic carbocycles. The number of benzene rings is 3. The molecule has 2 unspecified atom stereocenters. The van der Waals surface area contributed by atoms with Gasteiger partial charge in [0.1, 0.15) is 11.5 Å². The maximum atomic E-state index is 13.7. The monoisotopic (exact) mass is 622 g/mol. The van der Waals surface area contributed by atoms with Crippen molar-refractivity contribution in [1.29, 1.82) is 0 Å². The molecule has 0 N–H and O–H groups in total. The van der Waals surface area contributed by atoms with Gasteiger partial charge in [0.05, 0.1) is 6.04 Å². The van der Waals surface area contributed by atoms with Crippen LogP contribution in [0.4, 0.5) is 10.3 Å². The number of nitrogens with zero attached hydrogens (tertiary/aromatic N) is 4. The molecular formula is C40H51FN4O. The zero-order chi connectivity index (χ0) is 31.9. The van der Waals surface area contributed by atoms with E-state index in [2.05, 4.69) is 96.5 Å². The van der Waals surface area contributed by atoms with E-state index < -0.39 is 0 Å². The minimum absolute atomic E-state index is 0.165. The van der Waals surface area contributed by atoms with E-state index in [1.807, 2.05) is 12.1 Å². The van der Waals surface area contributed by atoms with Gasteiger partial charge in [0.15, 0.2) is 0 Å². The van der Waals surface area contributed by atoms with Crippen LogP contribution >= 0.6 is 0 Å². The summed E-state index contributed by atoms with van der Waals surface area (Å²) in [6.07, 6.45) is 10.4. The second kappa shape index (κ2) is 15.4. The van der Waals surface area contributed by atoms with E-state index in [1.54, 1.807) is 12.1 Å². The fraction of sp³-hybridized carbons (Fsp3) is 0.475. The van der Waals surface area contributed by atoms with Gasteiger partial charge in [-0.05, 0) is 99.9 Å². The van der Waals surface area contributed by atoms with Crippen LogP contribution in [0.1, 0.15) is 91.7 Å². The summed E-state index contributed by atoms with van der Waals surface area (Å²) < 4.78 is 20.6. The van der Waals surface area contributed by atoms with Crippen molar-refractivity contribution in [3.05, 3.63) is 119 Å². The Morgan fingerprint density at radius 1 is 0.804 bits per heavy atom. The maximum Gasteiger partial charge on any atom is 0.220 e. The predicted octanol–water partition coefficient (Wildman–Crippen LogP) is 9.07. The Morgan fingerprint density at radius 2 is 1.43 bits per heavy atom. The molecule has 6 rings (SSSR count). The Bertz CT molecular complexity index is 1470. The van der Waals surface area contributed by atoms with Gasteiger partial charge in [-0.15, -0.1) is 0 Å². The minimum atomic E-state index is -0.165. The molecule has 0 spiro atoms. The first-order valence-electron chi connectivity index (χ1n) is 17.4. The second-order valence-corrected chi connectivity index (χ2v) is 13.9. The van der Waals surface area contributed by atoms with E-state index in [9.17, 15) is 4.39 Å². The van der Waals surface area contributed by atoms with Crippen molar-refractivity contribution in [2.24, 2.45) is 11.8 Å². The molecule has 0 bridgehead atoms. The average molecular weight is 623 g/mol. The lowest BCUT2D eigenvalue weighted by Gasteiger charge is -2.40. The number of oxazole rings is 1. The Labute approximate surface area is 275 Å². The van der Waals surface area contributed by atoms with E-state index in [0.717, 1.165) is 49.9 Å². The number of aromatic nitrogens is 1. The van der Waals surface area contributed by atoms with Crippen molar-refractivity contribution >= 4 is 5.88 Å². The largest absolute Gasteiger partial charge is 0.423 e. The molecule has 6 heteroatoms.